The van der Waals surface area contributed by atoms with Crippen LogP contribution >= 0.6 is 0 Å². The van der Waals surface area contributed by atoms with Crippen LogP contribution in [0, 0.1) is 12.8 Å². The smallest absolute Gasteiger partial charge is 0.248 e. The molecule has 1 heterocycles. The lowest BCUT2D eigenvalue weighted by Crippen LogP contribution is -2.14. The summed E-state index contributed by atoms with van der Waals surface area (Å²) in [5.74, 6) is 0.421. The highest BCUT2D eigenvalue weighted by Gasteiger charge is 2.07. The van der Waals surface area contributed by atoms with Crippen molar-refractivity contribution in [2.45, 2.75) is 20.3 Å². The van der Waals surface area contributed by atoms with Gasteiger partial charge in [0.1, 0.15) is 0 Å². The van der Waals surface area contributed by atoms with E-state index in [4.69, 9.17) is 5.73 Å². The lowest BCUT2D eigenvalue weighted by atomic mass is 9.97. The van der Waals surface area contributed by atoms with Crippen molar-refractivity contribution in [3.63, 3.8) is 0 Å². The topological polar surface area (TPSA) is 58.9 Å². The summed E-state index contributed by atoms with van der Waals surface area (Å²) < 4.78 is 0. The number of H-pyrrole nitrogens is 1. The summed E-state index contributed by atoms with van der Waals surface area (Å²) in [5.41, 5.74) is 8.76. The number of aromatic amines is 1. The van der Waals surface area contributed by atoms with Gasteiger partial charge in [-0.3, -0.25) is 4.79 Å². The van der Waals surface area contributed by atoms with Crippen LogP contribution in [0.3, 0.4) is 0 Å². The Hall–Kier alpha value is -1.61. The van der Waals surface area contributed by atoms with Crippen LogP contribution in [0.15, 0.2) is 29.1 Å². The van der Waals surface area contributed by atoms with Crippen LogP contribution < -0.4 is 11.3 Å². The maximum Gasteiger partial charge on any atom is 0.248 e. The lowest BCUT2D eigenvalue weighted by molar-refractivity contribution is 0.594. The standard InChI is InChI=1S/C14H18N2O/c1-9(8-15)6-11-4-3-5-12-10(2)7-13(17)16-14(11)12/h3-5,7,9H,6,8,15H2,1-2H3,(H,16,17). The van der Waals surface area contributed by atoms with Gasteiger partial charge in [0.2, 0.25) is 5.56 Å². The minimum Gasteiger partial charge on any atom is -0.330 e. The van der Waals surface area contributed by atoms with Crippen molar-refractivity contribution in [2.24, 2.45) is 11.7 Å². The van der Waals surface area contributed by atoms with E-state index >= 15 is 0 Å². The van der Waals surface area contributed by atoms with Gasteiger partial charge in [-0.2, -0.15) is 0 Å². The van der Waals surface area contributed by atoms with Gasteiger partial charge in [-0.25, -0.2) is 0 Å². The van der Waals surface area contributed by atoms with Crippen molar-refractivity contribution >= 4 is 10.9 Å². The van der Waals surface area contributed by atoms with Crippen LogP contribution in [-0.2, 0) is 6.42 Å². The van der Waals surface area contributed by atoms with Crippen LogP contribution in [0.4, 0.5) is 0 Å². The number of hydrogen-bond donors (Lipinski definition) is 2. The molecule has 0 fully saturated rings. The van der Waals surface area contributed by atoms with Crippen molar-refractivity contribution in [1.82, 2.24) is 4.98 Å². The van der Waals surface area contributed by atoms with Crippen molar-refractivity contribution in [3.8, 4) is 0 Å². The number of rotatable bonds is 3. The van der Waals surface area contributed by atoms with Gasteiger partial charge in [-0.15, -0.1) is 0 Å². The molecule has 0 saturated carbocycles. The Balaban J connectivity index is 2.60. The molecule has 0 aliphatic rings. The number of hydrogen-bond acceptors (Lipinski definition) is 2. The molecular formula is C14H18N2O. The van der Waals surface area contributed by atoms with Gasteiger partial charge in [0.15, 0.2) is 0 Å². The fourth-order valence-electron chi connectivity index (χ4n) is 2.14. The number of fused-ring (bicyclic) bond motifs is 1. The Bertz CT molecular complexity index is 586. The summed E-state index contributed by atoms with van der Waals surface area (Å²) in [5, 5.41) is 1.12. The first-order valence-corrected chi connectivity index (χ1v) is 5.93. The molecule has 2 aromatic rings. The second-order valence-corrected chi connectivity index (χ2v) is 4.70. The number of nitrogens with one attached hydrogen (secondary N) is 1. The summed E-state index contributed by atoms with van der Waals surface area (Å²) in [6, 6.07) is 7.77. The number of benzene rings is 1. The Morgan fingerprint density at radius 1 is 1.41 bits per heavy atom. The molecule has 0 bridgehead atoms. The van der Waals surface area contributed by atoms with Crippen LogP contribution in [0.1, 0.15) is 18.1 Å². The minimum atomic E-state index is -0.0390. The predicted octanol–water partition coefficient (Wildman–Crippen LogP) is 1.97. The summed E-state index contributed by atoms with van der Waals surface area (Å²) in [6.07, 6.45) is 0.896. The third kappa shape index (κ3) is 2.39. The van der Waals surface area contributed by atoms with E-state index in [0.717, 1.165) is 22.9 Å². The first kappa shape index (κ1) is 11.9. The Kier molecular flexibility index (Phi) is 3.29. The Morgan fingerprint density at radius 2 is 2.18 bits per heavy atom. The molecule has 3 N–H and O–H groups in total. The molecule has 0 amide bonds. The SMILES string of the molecule is Cc1cc(=O)[nH]c2c(CC(C)CN)cccc12. The number of para-hydroxylation sites is 1. The third-order valence-electron chi connectivity index (χ3n) is 3.14. The average molecular weight is 230 g/mol. The average Bonchev–Trinajstić information content (AvgIpc) is 2.30. The van der Waals surface area contributed by atoms with E-state index in [0.29, 0.717) is 12.5 Å². The van der Waals surface area contributed by atoms with Gasteiger partial charge >= 0.3 is 0 Å². The zero-order chi connectivity index (χ0) is 12.4. The third-order valence-corrected chi connectivity index (χ3v) is 3.14. The van der Waals surface area contributed by atoms with Gasteiger partial charge in [-0.05, 0) is 36.9 Å². The fourth-order valence-corrected chi connectivity index (χ4v) is 2.14. The van der Waals surface area contributed by atoms with E-state index < -0.39 is 0 Å². The molecule has 1 aromatic heterocycles. The molecule has 0 spiro atoms. The Morgan fingerprint density at radius 3 is 2.88 bits per heavy atom. The number of aryl methyl sites for hydroxylation is 1. The molecular weight excluding hydrogens is 212 g/mol. The summed E-state index contributed by atoms with van der Waals surface area (Å²) in [7, 11) is 0. The number of nitrogens with two attached hydrogens (primary N) is 1. The van der Waals surface area contributed by atoms with E-state index in [1.807, 2.05) is 19.1 Å². The normalized spacial score (nSPS) is 12.9. The summed E-state index contributed by atoms with van der Waals surface area (Å²) >= 11 is 0. The highest BCUT2D eigenvalue weighted by Crippen LogP contribution is 2.20. The first-order chi connectivity index (χ1) is 8.11. The molecule has 1 unspecified atom stereocenters. The second-order valence-electron chi connectivity index (χ2n) is 4.70. The fraction of sp³-hybridized carbons (Fsp3) is 0.357. The number of pyridine rings is 1. The zero-order valence-electron chi connectivity index (χ0n) is 10.3. The Labute approximate surface area is 101 Å². The van der Waals surface area contributed by atoms with Crippen molar-refractivity contribution in [2.75, 3.05) is 6.54 Å². The quantitative estimate of drug-likeness (QED) is 0.847. The highest BCUT2D eigenvalue weighted by molar-refractivity contribution is 5.84. The van der Waals surface area contributed by atoms with E-state index in [2.05, 4.69) is 18.0 Å². The van der Waals surface area contributed by atoms with Crippen molar-refractivity contribution < 1.29 is 0 Å². The molecule has 1 aromatic carbocycles. The van der Waals surface area contributed by atoms with Gasteiger partial charge in [0.05, 0.1) is 5.52 Å². The maximum absolute atomic E-state index is 11.5. The summed E-state index contributed by atoms with van der Waals surface area (Å²) in [4.78, 5) is 14.5. The zero-order valence-corrected chi connectivity index (χ0v) is 10.3. The molecule has 0 saturated heterocycles. The van der Waals surface area contributed by atoms with E-state index in [1.165, 1.54) is 5.56 Å². The lowest BCUT2D eigenvalue weighted by Gasteiger charge is -2.11. The molecule has 3 nitrogen and oxygen atoms in total. The minimum absolute atomic E-state index is 0.0390. The largest absolute Gasteiger partial charge is 0.330 e. The van der Waals surface area contributed by atoms with E-state index in [-0.39, 0.29) is 5.56 Å². The molecule has 17 heavy (non-hydrogen) atoms. The second kappa shape index (κ2) is 4.72. The van der Waals surface area contributed by atoms with Crippen molar-refractivity contribution in [3.05, 3.63) is 45.7 Å². The first-order valence-electron chi connectivity index (χ1n) is 5.93. The molecule has 1 atom stereocenters. The van der Waals surface area contributed by atoms with Gasteiger partial charge in [-0.1, -0.05) is 25.1 Å². The summed E-state index contributed by atoms with van der Waals surface area (Å²) in [6.45, 7) is 4.74. The van der Waals surface area contributed by atoms with Gasteiger partial charge in [0, 0.05) is 11.5 Å². The maximum atomic E-state index is 11.5. The molecule has 2 rings (SSSR count). The van der Waals surface area contributed by atoms with E-state index in [1.54, 1.807) is 6.07 Å². The highest BCUT2D eigenvalue weighted by atomic mass is 16.1. The molecule has 3 heteroatoms. The van der Waals surface area contributed by atoms with Crippen LogP contribution in [0.5, 0.6) is 0 Å². The van der Waals surface area contributed by atoms with Crippen LogP contribution in [0.25, 0.3) is 10.9 Å². The number of aromatic nitrogens is 1. The molecule has 0 radical (unpaired) electrons. The van der Waals surface area contributed by atoms with Crippen LogP contribution in [-0.4, -0.2) is 11.5 Å². The molecule has 0 aliphatic carbocycles. The monoisotopic (exact) mass is 230 g/mol. The van der Waals surface area contributed by atoms with Gasteiger partial charge in [0.25, 0.3) is 0 Å². The van der Waals surface area contributed by atoms with Crippen molar-refractivity contribution in [1.29, 1.82) is 0 Å². The van der Waals surface area contributed by atoms with Gasteiger partial charge < -0.3 is 10.7 Å². The predicted molar refractivity (Wildman–Crippen MR) is 71.2 cm³/mol. The molecule has 90 valence electrons. The van der Waals surface area contributed by atoms with Crippen LogP contribution in [0.2, 0.25) is 0 Å². The van der Waals surface area contributed by atoms with E-state index in [9.17, 15) is 4.79 Å². The molecule has 0 aliphatic heterocycles.